The number of allylic oxidation sites excluding steroid dienone is 1. The van der Waals surface area contributed by atoms with Crippen molar-refractivity contribution in [2.75, 3.05) is 5.08 Å². The van der Waals surface area contributed by atoms with Gasteiger partial charge in [0.15, 0.2) is 11.6 Å². The van der Waals surface area contributed by atoms with E-state index in [1.54, 1.807) is 35.7 Å². The lowest BCUT2D eigenvalue weighted by atomic mass is 10.0. The first-order chi connectivity index (χ1) is 8.09. The second-order valence-electron chi connectivity index (χ2n) is 3.82. The second-order valence-corrected chi connectivity index (χ2v) is 6.42. The number of aryl methyl sites for hydroxylation is 1. The van der Waals surface area contributed by atoms with E-state index in [9.17, 15) is 9.59 Å². The third-order valence-corrected chi connectivity index (χ3v) is 5.06. The third kappa shape index (κ3) is 2.64. The zero-order valence-corrected chi connectivity index (χ0v) is 11.3. The van der Waals surface area contributed by atoms with E-state index in [1.807, 2.05) is 19.1 Å². The number of hydrogen-bond acceptors (Lipinski definition) is 4. The first-order valence-corrected chi connectivity index (χ1v) is 7.19. The predicted octanol–water partition coefficient (Wildman–Crippen LogP) is 3.42. The van der Waals surface area contributed by atoms with E-state index in [0.717, 1.165) is 14.9 Å². The number of carbonyl (C=O) groups excluding carboxylic acids is 2. The van der Waals surface area contributed by atoms with Crippen LogP contribution in [-0.4, -0.2) is 16.7 Å². The van der Waals surface area contributed by atoms with Gasteiger partial charge in [-0.15, -0.1) is 23.5 Å². The van der Waals surface area contributed by atoms with Crippen molar-refractivity contribution in [3.05, 3.63) is 45.2 Å². The minimum absolute atomic E-state index is 0.148. The molecule has 0 aromatic heterocycles. The summed E-state index contributed by atoms with van der Waals surface area (Å²) in [6, 6.07) is 7.32. The SMILES string of the molecule is CC(=O)C(C(=O)c1ccc(C)cc1)=C1SCS1. The Labute approximate surface area is 109 Å². The quantitative estimate of drug-likeness (QED) is 0.362. The van der Waals surface area contributed by atoms with Crippen molar-refractivity contribution >= 4 is 35.1 Å². The van der Waals surface area contributed by atoms with E-state index in [1.165, 1.54) is 6.92 Å². The zero-order valence-electron chi connectivity index (χ0n) is 9.65. The molecule has 4 heteroatoms. The van der Waals surface area contributed by atoms with E-state index < -0.39 is 0 Å². The van der Waals surface area contributed by atoms with E-state index in [2.05, 4.69) is 0 Å². The Morgan fingerprint density at radius 2 is 1.71 bits per heavy atom. The van der Waals surface area contributed by atoms with Gasteiger partial charge in [0, 0.05) is 10.6 Å². The van der Waals surface area contributed by atoms with Crippen LogP contribution in [0, 0.1) is 6.92 Å². The fraction of sp³-hybridized carbons (Fsp3) is 0.231. The molecule has 1 aromatic carbocycles. The lowest BCUT2D eigenvalue weighted by Gasteiger charge is -2.18. The number of Topliss-reactive ketones (excluding diaryl/α,β-unsaturated/α-hetero) is 2. The molecule has 2 nitrogen and oxygen atoms in total. The van der Waals surface area contributed by atoms with Crippen molar-refractivity contribution < 1.29 is 9.59 Å². The van der Waals surface area contributed by atoms with Crippen LogP contribution in [-0.2, 0) is 4.79 Å². The molecule has 1 aromatic rings. The molecule has 17 heavy (non-hydrogen) atoms. The Balaban J connectivity index is 2.35. The van der Waals surface area contributed by atoms with Crippen LogP contribution in [0.1, 0.15) is 22.8 Å². The molecule has 1 heterocycles. The minimum Gasteiger partial charge on any atom is -0.294 e. The molecular weight excluding hydrogens is 252 g/mol. The second kappa shape index (κ2) is 5.10. The zero-order chi connectivity index (χ0) is 12.4. The van der Waals surface area contributed by atoms with Gasteiger partial charge in [-0.2, -0.15) is 0 Å². The number of benzene rings is 1. The molecule has 0 unspecified atom stereocenters. The van der Waals surface area contributed by atoms with Crippen LogP contribution in [0.4, 0.5) is 0 Å². The van der Waals surface area contributed by atoms with Gasteiger partial charge in [-0.3, -0.25) is 9.59 Å². The monoisotopic (exact) mass is 264 g/mol. The van der Waals surface area contributed by atoms with Gasteiger partial charge in [-0.05, 0) is 13.8 Å². The van der Waals surface area contributed by atoms with Crippen molar-refractivity contribution in [1.29, 1.82) is 0 Å². The molecule has 0 spiro atoms. The van der Waals surface area contributed by atoms with Crippen LogP contribution in [0.15, 0.2) is 34.1 Å². The summed E-state index contributed by atoms with van der Waals surface area (Å²) < 4.78 is 0.864. The van der Waals surface area contributed by atoms with Crippen molar-refractivity contribution in [3.8, 4) is 0 Å². The average molecular weight is 264 g/mol. The first kappa shape index (κ1) is 12.5. The molecule has 0 N–H and O–H groups in total. The van der Waals surface area contributed by atoms with E-state index in [0.29, 0.717) is 11.1 Å². The largest absolute Gasteiger partial charge is 0.294 e. The Bertz CT molecular complexity index is 495. The van der Waals surface area contributed by atoms with Crippen LogP contribution < -0.4 is 0 Å². The number of rotatable bonds is 3. The van der Waals surface area contributed by atoms with Gasteiger partial charge in [0.1, 0.15) is 0 Å². The van der Waals surface area contributed by atoms with Gasteiger partial charge in [-0.1, -0.05) is 29.8 Å². The van der Waals surface area contributed by atoms with E-state index >= 15 is 0 Å². The molecule has 0 radical (unpaired) electrons. The van der Waals surface area contributed by atoms with Crippen molar-refractivity contribution in [2.45, 2.75) is 13.8 Å². The van der Waals surface area contributed by atoms with Gasteiger partial charge >= 0.3 is 0 Å². The summed E-state index contributed by atoms with van der Waals surface area (Å²) >= 11 is 3.14. The molecule has 1 aliphatic heterocycles. The number of carbonyl (C=O) groups is 2. The summed E-state index contributed by atoms with van der Waals surface area (Å²) in [5.41, 5.74) is 2.03. The molecule has 0 amide bonds. The Hall–Kier alpha value is -1.000. The van der Waals surface area contributed by atoms with Gasteiger partial charge in [0.25, 0.3) is 0 Å². The smallest absolute Gasteiger partial charge is 0.198 e. The van der Waals surface area contributed by atoms with E-state index in [4.69, 9.17) is 0 Å². The highest BCUT2D eigenvalue weighted by molar-refractivity contribution is 8.37. The maximum atomic E-state index is 12.2. The summed E-state index contributed by atoms with van der Waals surface area (Å²) in [6.07, 6.45) is 0. The van der Waals surface area contributed by atoms with Crippen molar-refractivity contribution in [1.82, 2.24) is 0 Å². The average Bonchev–Trinajstić information content (AvgIpc) is 2.23. The first-order valence-electron chi connectivity index (χ1n) is 5.22. The van der Waals surface area contributed by atoms with Crippen molar-refractivity contribution in [2.24, 2.45) is 0 Å². The van der Waals surface area contributed by atoms with Crippen LogP contribution in [0.2, 0.25) is 0 Å². The highest BCUT2D eigenvalue weighted by atomic mass is 32.3. The van der Waals surface area contributed by atoms with E-state index in [-0.39, 0.29) is 11.6 Å². The maximum absolute atomic E-state index is 12.2. The van der Waals surface area contributed by atoms with Crippen molar-refractivity contribution in [3.63, 3.8) is 0 Å². The number of thioether (sulfide) groups is 2. The standard InChI is InChI=1S/C13H12O2S2/c1-8-3-5-10(6-4-8)12(15)11(9(2)14)13-16-7-17-13/h3-6H,7H2,1-2H3. The highest BCUT2D eigenvalue weighted by Gasteiger charge is 2.25. The molecular formula is C13H12O2S2. The van der Waals surface area contributed by atoms with Crippen LogP contribution in [0.25, 0.3) is 0 Å². The Kier molecular flexibility index (Phi) is 3.74. The lowest BCUT2D eigenvalue weighted by molar-refractivity contribution is -0.113. The third-order valence-electron chi connectivity index (χ3n) is 2.48. The maximum Gasteiger partial charge on any atom is 0.198 e. The molecule has 2 rings (SSSR count). The van der Waals surface area contributed by atoms with Gasteiger partial charge in [0.2, 0.25) is 0 Å². The van der Waals surface area contributed by atoms with Gasteiger partial charge in [-0.25, -0.2) is 0 Å². The predicted molar refractivity (Wildman–Crippen MR) is 73.3 cm³/mol. The molecule has 1 aliphatic rings. The number of ketones is 2. The minimum atomic E-state index is -0.160. The fourth-order valence-corrected chi connectivity index (χ4v) is 3.21. The summed E-state index contributed by atoms with van der Waals surface area (Å²) in [6.45, 7) is 3.42. The number of hydrogen-bond donors (Lipinski definition) is 0. The molecule has 0 saturated carbocycles. The van der Waals surface area contributed by atoms with Crippen LogP contribution in [0.3, 0.4) is 0 Å². The molecule has 1 saturated heterocycles. The Morgan fingerprint density at radius 3 is 2.12 bits per heavy atom. The summed E-state index contributed by atoms with van der Waals surface area (Å²) in [4.78, 5) is 23.8. The normalized spacial score (nSPS) is 14.1. The molecule has 0 bridgehead atoms. The van der Waals surface area contributed by atoms with Gasteiger partial charge < -0.3 is 0 Å². The summed E-state index contributed by atoms with van der Waals surface area (Å²) in [7, 11) is 0. The van der Waals surface area contributed by atoms with Gasteiger partial charge in [0.05, 0.1) is 9.81 Å². The molecule has 1 fully saturated rings. The summed E-state index contributed by atoms with van der Waals surface area (Å²) in [5.74, 6) is -0.308. The van der Waals surface area contributed by atoms with Crippen LogP contribution >= 0.6 is 23.5 Å². The topological polar surface area (TPSA) is 34.1 Å². The fourth-order valence-electron chi connectivity index (χ4n) is 1.51. The summed E-state index contributed by atoms with van der Waals surface area (Å²) in [5, 5.41) is 0.924. The lowest BCUT2D eigenvalue weighted by Crippen LogP contribution is -2.14. The molecule has 88 valence electrons. The highest BCUT2D eigenvalue weighted by Crippen LogP contribution is 2.45. The van der Waals surface area contributed by atoms with Crippen LogP contribution in [0.5, 0.6) is 0 Å². The molecule has 0 atom stereocenters. The Morgan fingerprint density at radius 1 is 1.12 bits per heavy atom. The molecule has 0 aliphatic carbocycles.